The van der Waals surface area contributed by atoms with Crippen LogP contribution in [-0.4, -0.2) is 75.5 Å². The smallest absolute Gasteiger partial charge is 0.306 e. The maximum absolute atomic E-state index is 12.8. The minimum absolute atomic E-state index is 0.0162. The molecule has 0 aliphatic rings. The molecule has 0 aromatic carbocycles. The molecule has 0 amide bonds. The zero-order valence-corrected chi connectivity index (χ0v) is 41.4. The summed E-state index contributed by atoms with van der Waals surface area (Å²) in [6, 6.07) is -0.740. The fourth-order valence-corrected chi connectivity index (χ4v) is 6.83. The first-order valence-electron chi connectivity index (χ1n) is 25.3. The van der Waals surface area contributed by atoms with E-state index < -0.39 is 18.1 Å². The number of esters is 2. The molecule has 0 saturated heterocycles. The van der Waals surface area contributed by atoms with Crippen LogP contribution in [0.4, 0.5) is 0 Å². The van der Waals surface area contributed by atoms with Crippen LogP contribution in [0.5, 0.6) is 0 Å². The van der Waals surface area contributed by atoms with Gasteiger partial charge in [-0.25, -0.2) is 0 Å². The summed E-state index contributed by atoms with van der Waals surface area (Å²) in [5, 5.41) is 11.7. The number of carboxylic acids is 1. The van der Waals surface area contributed by atoms with E-state index in [1.807, 2.05) is 0 Å². The van der Waals surface area contributed by atoms with E-state index >= 15 is 0 Å². The molecule has 0 heterocycles. The molecular formula is C56H93NO7. The van der Waals surface area contributed by atoms with Gasteiger partial charge in [0, 0.05) is 19.3 Å². The second-order valence-electron chi connectivity index (χ2n) is 17.7. The average molecular weight is 892 g/mol. The van der Waals surface area contributed by atoms with Gasteiger partial charge >= 0.3 is 11.9 Å². The van der Waals surface area contributed by atoms with E-state index in [1.54, 1.807) is 21.1 Å². The second-order valence-corrected chi connectivity index (χ2v) is 17.7. The Bertz CT molecular complexity index is 1360. The van der Waals surface area contributed by atoms with Crippen molar-refractivity contribution in [2.24, 2.45) is 0 Å². The molecule has 364 valence electrons. The summed E-state index contributed by atoms with van der Waals surface area (Å²) in [7, 11) is 5.39. The molecule has 0 bridgehead atoms. The first-order chi connectivity index (χ1) is 31.1. The third-order valence-electron chi connectivity index (χ3n) is 10.7. The molecular weight excluding hydrogens is 799 g/mol. The lowest BCUT2D eigenvalue weighted by Crippen LogP contribution is -2.55. The Morgan fingerprint density at radius 1 is 0.500 bits per heavy atom. The van der Waals surface area contributed by atoms with Gasteiger partial charge in [0.1, 0.15) is 12.6 Å². The first kappa shape index (κ1) is 60.2. The Hall–Kier alpha value is -3.75. The highest BCUT2D eigenvalue weighted by molar-refractivity contribution is 5.70. The molecule has 0 aliphatic heterocycles. The standard InChI is InChI=1S/C56H93NO7/c1-6-8-10-12-14-16-18-20-22-24-26-27-29-31-33-35-37-39-41-43-45-47-55(59)64-52(50-62-49-48-53(56(60)61)57(3,4)5)51-63-54(58)46-44-42-40-38-36-34-32-30-28-25-23-21-19-17-15-13-11-9-7-2/h8,10,14-17,19-22,26-27,31,33,37,39,52-53H,6-7,9,11-13,18,23-25,28-30,32,34-36,38,40-51H2,1-5H3/b10-8+,16-14+,17-15+,21-19+,22-20+,27-26+,33-31+,39-37+. The van der Waals surface area contributed by atoms with Crippen molar-refractivity contribution in [1.82, 2.24) is 0 Å². The zero-order valence-electron chi connectivity index (χ0n) is 41.4. The molecule has 2 unspecified atom stereocenters. The Morgan fingerprint density at radius 3 is 1.42 bits per heavy atom. The number of carbonyl (C=O) groups is 3. The van der Waals surface area contributed by atoms with Crippen LogP contribution in [0, 0.1) is 0 Å². The van der Waals surface area contributed by atoms with Crippen molar-refractivity contribution in [2.45, 2.75) is 199 Å². The number of allylic oxidation sites excluding steroid dienone is 16. The van der Waals surface area contributed by atoms with Gasteiger partial charge in [0.15, 0.2) is 6.10 Å². The Balaban J connectivity index is 4.37. The lowest BCUT2D eigenvalue weighted by atomic mass is 10.1. The van der Waals surface area contributed by atoms with E-state index in [1.165, 1.54) is 77.0 Å². The van der Waals surface area contributed by atoms with Crippen molar-refractivity contribution in [3.63, 3.8) is 0 Å². The van der Waals surface area contributed by atoms with Gasteiger partial charge in [-0.05, 0) is 89.9 Å². The molecule has 0 radical (unpaired) electrons. The van der Waals surface area contributed by atoms with Crippen LogP contribution in [0.2, 0.25) is 0 Å². The number of aliphatic carboxylic acids is 1. The Labute approximate surface area is 392 Å². The second kappa shape index (κ2) is 45.8. The van der Waals surface area contributed by atoms with Crippen LogP contribution in [-0.2, 0) is 28.6 Å². The summed E-state index contributed by atoms with van der Waals surface area (Å²) in [4.78, 5) is 37.0. The van der Waals surface area contributed by atoms with Crippen molar-refractivity contribution >= 4 is 17.9 Å². The summed E-state index contributed by atoms with van der Waals surface area (Å²) < 4.78 is 17.2. The van der Waals surface area contributed by atoms with E-state index in [4.69, 9.17) is 14.2 Å². The maximum Gasteiger partial charge on any atom is 0.306 e. The van der Waals surface area contributed by atoms with Crippen molar-refractivity contribution in [3.05, 3.63) is 97.2 Å². The van der Waals surface area contributed by atoms with E-state index in [0.717, 1.165) is 70.6 Å². The topological polar surface area (TPSA) is 102 Å². The van der Waals surface area contributed by atoms with Crippen LogP contribution in [0.3, 0.4) is 0 Å². The van der Waals surface area contributed by atoms with Crippen molar-refractivity contribution in [3.8, 4) is 0 Å². The molecule has 2 atom stereocenters. The molecule has 0 rings (SSSR count). The van der Waals surface area contributed by atoms with Crippen LogP contribution >= 0.6 is 0 Å². The summed E-state index contributed by atoms with van der Waals surface area (Å²) in [6.45, 7) is 4.47. The van der Waals surface area contributed by atoms with E-state index in [2.05, 4.69) is 111 Å². The van der Waals surface area contributed by atoms with Crippen LogP contribution in [0.1, 0.15) is 187 Å². The van der Waals surface area contributed by atoms with Gasteiger partial charge in [-0.1, -0.05) is 175 Å². The fourth-order valence-electron chi connectivity index (χ4n) is 6.83. The molecule has 0 aromatic heterocycles. The zero-order chi connectivity index (χ0) is 47.0. The van der Waals surface area contributed by atoms with Crippen LogP contribution in [0.15, 0.2) is 97.2 Å². The predicted molar refractivity (Wildman–Crippen MR) is 268 cm³/mol. The van der Waals surface area contributed by atoms with Crippen LogP contribution in [0.25, 0.3) is 0 Å². The lowest BCUT2D eigenvalue weighted by molar-refractivity contribution is -0.889. The fraction of sp³-hybridized carbons (Fsp3) is 0.661. The number of nitrogens with zero attached hydrogens (tertiary/aromatic N) is 1. The minimum atomic E-state index is -1.14. The number of carbonyl (C=O) groups excluding carboxylic acids is 3. The number of hydrogen-bond donors (Lipinski definition) is 0. The van der Waals surface area contributed by atoms with Crippen LogP contribution < -0.4 is 5.11 Å². The number of unbranched alkanes of at least 4 members (excludes halogenated alkanes) is 15. The average Bonchev–Trinajstić information content (AvgIpc) is 3.26. The van der Waals surface area contributed by atoms with Gasteiger partial charge in [0.2, 0.25) is 0 Å². The van der Waals surface area contributed by atoms with Gasteiger partial charge in [0.25, 0.3) is 0 Å². The Kier molecular flexibility index (Phi) is 43.1. The largest absolute Gasteiger partial charge is 0.544 e. The van der Waals surface area contributed by atoms with E-state index in [0.29, 0.717) is 12.8 Å². The highest BCUT2D eigenvalue weighted by Gasteiger charge is 2.25. The molecule has 0 N–H and O–H groups in total. The van der Waals surface area contributed by atoms with E-state index in [9.17, 15) is 19.5 Å². The summed E-state index contributed by atoms with van der Waals surface area (Å²) in [6.07, 6.45) is 61.5. The van der Waals surface area contributed by atoms with E-state index in [-0.39, 0.29) is 49.1 Å². The molecule has 0 fully saturated rings. The monoisotopic (exact) mass is 892 g/mol. The summed E-state index contributed by atoms with van der Waals surface area (Å²) >= 11 is 0. The van der Waals surface area contributed by atoms with Gasteiger partial charge in [0.05, 0.1) is 40.3 Å². The van der Waals surface area contributed by atoms with Crippen molar-refractivity contribution in [2.75, 3.05) is 41.0 Å². The number of rotatable bonds is 44. The predicted octanol–water partition coefficient (Wildman–Crippen LogP) is 13.3. The summed E-state index contributed by atoms with van der Waals surface area (Å²) in [5.74, 6) is -1.81. The molecule has 0 aliphatic carbocycles. The minimum Gasteiger partial charge on any atom is -0.544 e. The van der Waals surface area contributed by atoms with Gasteiger partial charge < -0.3 is 28.6 Å². The number of carboxylic acid groups (broad SMARTS) is 1. The number of hydrogen-bond acceptors (Lipinski definition) is 7. The third-order valence-corrected chi connectivity index (χ3v) is 10.7. The molecule has 0 saturated carbocycles. The van der Waals surface area contributed by atoms with Gasteiger partial charge in [-0.3, -0.25) is 9.59 Å². The SMILES string of the molecule is CC/C=C/C/C=C/C/C=C/C/C=C/C/C=C/C/C=C/CCCCC(=O)OC(COCCC(C(=O)[O-])[N+](C)(C)C)COC(=O)CCCCCCCCCCCC/C=C/C=C/CCCCC. The van der Waals surface area contributed by atoms with Crippen molar-refractivity contribution < 1.29 is 38.2 Å². The Morgan fingerprint density at radius 2 is 0.922 bits per heavy atom. The summed E-state index contributed by atoms with van der Waals surface area (Å²) in [5.41, 5.74) is 0. The van der Waals surface area contributed by atoms with Gasteiger partial charge in [-0.15, -0.1) is 0 Å². The molecule has 0 spiro atoms. The van der Waals surface area contributed by atoms with Gasteiger partial charge in [-0.2, -0.15) is 0 Å². The van der Waals surface area contributed by atoms with Crippen molar-refractivity contribution in [1.29, 1.82) is 0 Å². The first-order valence-corrected chi connectivity index (χ1v) is 25.3. The molecule has 64 heavy (non-hydrogen) atoms. The quantitative estimate of drug-likeness (QED) is 0.0197. The number of quaternary nitrogens is 1. The lowest BCUT2D eigenvalue weighted by Gasteiger charge is -2.34. The molecule has 8 heteroatoms. The normalized spacial score (nSPS) is 13.7. The molecule has 8 nitrogen and oxygen atoms in total. The highest BCUT2D eigenvalue weighted by Crippen LogP contribution is 2.14. The molecule has 0 aromatic rings. The number of ether oxygens (including phenoxy) is 3. The highest BCUT2D eigenvalue weighted by atomic mass is 16.6. The maximum atomic E-state index is 12.8. The third kappa shape index (κ3) is 43.5. The number of likely N-dealkylation sites (N-methyl/N-ethyl adjacent to an activating group) is 1.